The lowest BCUT2D eigenvalue weighted by Crippen LogP contribution is -2.56. The molecule has 1 aliphatic carbocycles. The van der Waals surface area contributed by atoms with E-state index < -0.39 is 27.4 Å². The van der Waals surface area contributed by atoms with Gasteiger partial charge in [-0.05, 0) is 38.0 Å². The molecule has 0 unspecified atom stereocenters. The zero-order valence-corrected chi connectivity index (χ0v) is 19.4. The minimum Gasteiger partial charge on any atom is -0.464 e. The van der Waals surface area contributed by atoms with Crippen LogP contribution in [0.3, 0.4) is 0 Å². The zero-order valence-electron chi connectivity index (χ0n) is 18.6. The van der Waals surface area contributed by atoms with Gasteiger partial charge in [0.15, 0.2) is 0 Å². The number of esters is 1. The molecular weight excluding hydrogens is 434 g/mol. The van der Waals surface area contributed by atoms with Crippen molar-refractivity contribution in [3.05, 3.63) is 29.8 Å². The summed E-state index contributed by atoms with van der Waals surface area (Å²) in [5, 5.41) is 2.84. The fraction of sp³-hybridized carbons (Fsp3) is 0.591. The molecule has 2 fully saturated rings. The highest BCUT2D eigenvalue weighted by atomic mass is 32.2. The number of hydrogen-bond donors (Lipinski definition) is 1. The first-order valence-electron chi connectivity index (χ1n) is 11.0. The number of hydrogen-bond acceptors (Lipinski definition) is 6. The SMILES string of the molecule is CCOC(=O)C1(NC(=O)c2cccc(S(=O)(=O)N3CCN(C(C)=O)CC3)c2)CCCCC1. The Hall–Kier alpha value is -2.46. The predicted molar refractivity (Wildman–Crippen MR) is 117 cm³/mol. The van der Waals surface area contributed by atoms with Crippen molar-refractivity contribution in [3.8, 4) is 0 Å². The van der Waals surface area contributed by atoms with Crippen molar-refractivity contribution in [1.82, 2.24) is 14.5 Å². The van der Waals surface area contributed by atoms with Crippen molar-refractivity contribution < 1.29 is 27.5 Å². The van der Waals surface area contributed by atoms with Gasteiger partial charge < -0.3 is 15.0 Å². The molecular formula is C22H31N3O6S. The van der Waals surface area contributed by atoms with E-state index in [1.54, 1.807) is 11.8 Å². The third-order valence-corrected chi connectivity index (χ3v) is 8.04. The Balaban J connectivity index is 1.78. The molecule has 1 N–H and O–H groups in total. The largest absolute Gasteiger partial charge is 0.464 e. The van der Waals surface area contributed by atoms with Gasteiger partial charge in [-0.3, -0.25) is 9.59 Å². The number of carbonyl (C=O) groups excluding carboxylic acids is 3. The van der Waals surface area contributed by atoms with Gasteiger partial charge in [-0.15, -0.1) is 0 Å². The standard InChI is InChI=1S/C22H31N3O6S/c1-3-31-21(28)22(10-5-4-6-11-22)23-20(27)18-8-7-9-19(16-18)32(29,30)25-14-12-24(13-15-25)17(2)26/h7-9,16H,3-6,10-15H2,1-2H3,(H,23,27). The first-order valence-corrected chi connectivity index (χ1v) is 12.5. The number of ether oxygens (including phenoxy) is 1. The van der Waals surface area contributed by atoms with Crippen LogP contribution in [0.5, 0.6) is 0 Å². The molecule has 1 heterocycles. The summed E-state index contributed by atoms with van der Waals surface area (Å²) in [4.78, 5) is 38.8. The fourth-order valence-electron chi connectivity index (χ4n) is 4.28. The number of nitrogens with one attached hydrogen (secondary N) is 1. The average Bonchev–Trinajstić information content (AvgIpc) is 2.80. The van der Waals surface area contributed by atoms with Gasteiger partial charge in [-0.2, -0.15) is 4.31 Å². The van der Waals surface area contributed by atoms with Crippen molar-refractivity contribution in [3.63, 3.8) is 0 Å². The maximum atomic E-state index is 13.1. The Morgan fingerprint density at radius 1 is 1.06 bits per heavy atom. The van der Waals surface area contributed by atoms with Crippen molar-refractivity contribution in [2.75, 3.05) is 32.8 Å². The van der Waals surface area contributed by atoms with Gasteiger partial charge >= 0.3 is 5.97 Å². The van der Waals surface area contributed by atoms with Crippen molar-refractivity contribution >= 4 is 27.8 Å². The topological polar surface area (TPSA) is 113 Å². The molecule has 0 atom stereocenters. The van der Waals surface area contributed by atoms with Gasteiger partial charge in [0.1, 0.15) is 5.54 Å². The van der Waals surface area contributed by atoms with Gasteiger partial charge in [0, 0.05) is 38.7 Å². The van der Waals surface area contributed by atoms with E-state index in [0.717, 1.165) is 19.3 Å². The summed E-state index contributed by atoms with van der Waals surface area (Å²) in [5.41, 5.74) is -0.911. The van der Waals surface area contributed by atoms with Crippen molar-refractivity contribution in [1.29, 1.82) is 0 Å². The number of piperazine rings is 1. The molecule has 9 nitrogen and oxygen atoms in total. The van der Waals surface area contributed by atoms with Crippen LogP contribution in [0.1, 0.15) is 56.3 Å². The van der Waals surface area contributed by atoms with Crippen molar-refractivity contribution in [2.45, 2.75) is 56.4 Å². The van der Waals surface area contributed by atoms with E-state index in [0.29, 0.717) is 25.9 Å². The molecule has 0 aromatic heterocycles. The van der Waals surface area contributed by atoms with Gasteiger partial charge in [0.05, 0.1) is 11.5 Å². The van der Waals surface area contributed by atoms with Gasteiger partial charge in [-0.25, -0.2) is 13.2 Å². The number of benzene rings is 1. The van der Waals surface area contributed by atoms with Gasteiger partial charge in [-0.1, -0.05) is 25.3 Å². The van der Waals surface area contributed by atoms with Crippen LogP contribution in [0, 0.1) is 0 Å². The Labute approximate surface area is 189 Å². The second kappa shape index (κ2) is 9.99. The molecule has 3 rings (SSSR count). The Morgan fingerprint density at radius 3 is 2.31 bits per heavy atom. The molecule has 1 saturated heterocycles. The molecule has 1 aromatic carbocycles. The molecule has 176 valence electrons. The third-order valence-electron chi connectivity index (χ3n) is 6.14. The van der Waals surface area contributed by atoms with Crippen LogP contribution in [-0.2, 0) is 24.3 Å². The Kier molecular flexibility index (Phi) is 7.55. The van der Waals surface area contributed by atoms with Crippen LogP contribution in [0.15, 0.2) is 29.2 Å². The summed E-state index contributed by atoms with van der Waals surface area (Å²) in [5.74, 6) is -1.03. The summed E-state index contributed by atoms with van der Waals surface area (Å²) in [6, 6.07) is 5.84. The smallest absolute Gasteiger partial charge is 0.331 e. The molecule has 1 aromatic rings. The van der Waals surface area contributed by atoms with E-state index in [9.17, 15) is 22.8 Å². The van der Waals surface area contributed by atoms with Crippen LogP contribution in [0.4, 0.5) is 0 Å². The first-order chi connectivity index (χ1) is 15.2. The van der Waals surface area contributed by atoms with Crippen LogP contribution < -0.4 is 5.32 Å². The number of rotatable bonds is 6. The predicted octanol–water partition coefficient (Wildman–Crippen LogP) is 1.54. The highest BCUT2D eigenvalue weighted by molar-refractivity contribution is 7.89. The van der Waals surface area contributed by atoms with Crippen LogP contribution in [-0.4, -0.2) is 73.7 Å². The van der Waals surface area contributed by atoms with E-state index in [2.05, 4.69) is 5.32 Å². The van der Waals surface area contributed by atoms with Gasteiger partial charge in [0.2, 0.25) is 15.9 Å². The lowest BCUT2D eigenvalue weighted by atomic mass is 9.81. The van der Waals surface area contributed by atoms with E-state index in [1.165, 1.54) is 35.5 Å². The normalized spacial score (nSPS) is 19.2. The molecule has 1 saturated carbocycles. The monoisotopic (exact) mass is 465 g/mol. The number of nitrogens with zero attached hydrogens (tertiary/aromatic N) is 2. The molecule has 0 spiro atoms. The highest BCUT2D eigenvalue weighted by Gasteiger charge is 2.42. The third kappa shape index (κ3) is 5.12. The molecule has 2 amide bonds. The second-order valence-electron chi connectivity index (χ2n) is 8.26. The minimum absolute atomic E-state index is 0.00949. The molecule has 10 heteroatoms. The van der Waals surface area contributed by atoms with E-state index in [4.69, 9.17) is 4.74 Å². The summed E-state index contributed by atoms with van der Waals surface area (Å²) in [6.07, 6.45) is 3.59. The van der Waals surface area contributed by atoms with Gasteiger partial charge in [0.25, 0.3) is 5.91 Å². The highest BCUT2D eigenvalue weighted by Crippen LogP contribution is 2.30. The van der Waals surface area contributed by atoms with E-state index >= 15 is 0 Å². The maximum absolute atomic E-state index is 13.1. The summed E-state index contributed by atoms with van der Waals surface area (Å²) >= 11 is 0. The molecule has 32 heavy (non-hydrogen) atoms. The number of sulfonamides is 1. The quantitative estimate of drug-likeness (QED) is 0.638. The van der Waals surface area contributed by atoms with E-state index in [1.807, 2.05) is 0 Å². The zero-order chi connectivity index (χ0) is 23.4. The fourth-order valence-corrected chi connectivity index (χ4v) is 5.75. The average molecular weight is 466 g/mol. The summed E-state index contributed by atoms with van der Waals surface area (Å²) < 4.78 is 32.7. The Bertz CT molecular complexity index is 964. The van der Waals surface area contributed by atoms with Crippen LogP contribution >= 0.6 is 0 Å². The van der Waals surface area contributed by atoms with Crippen LogP contribution in [0.2, 0.25) is 0 Å². The minimum atomic E-state index is -3.82. The van der Waals surface area contributed by atoms with E-state index in [-0.39, 0.29) is 36.1 Å². The molecule has 0 bridgehead atoms. The molecule has 1 aliphatic heterocycles. The van der Waals surface area contributed by atoms with Crippen LogP contribution in [0.25, 0.3) is 0 Å². The van der Waals surface area contributed by atoms with Crippen molar-refractivity contribution in [2.24, 2.45) is 0 Å². The number of amides is 2. The molecule has 2 aliphatic rings. The second-order valence-corrected chi connectivity index (χ2v) is 10.2. The number of carbonyl (C=O) groups is 3. The maximum Gasteiger partial charge on any atom is 0.331 e. The summed E-state index contributed by atoms with van der Waals surface area (Å²) in [7, 11) is -3.82. The lowest BCUT2D eigenvalue weighted by molar-refractivity contribution is -0.152. The Morgan fingerprint density at radius 2 is 1.72 bits per heavy atom. The lowest BCUT2D eigenvalue weighted by Gasteiger charge is -2.35. The first kappa shape index (κ1) is 24.2. The summed E-state index contributed by atoms with van der Waals surface area (Å²) in [6.45, 7) is 4.46. The molecule has 0 radical (unpaired) electrons.